The van der Waals surface area contributed by atoms with Crippen molar-refractivity contribution in [2.75, 3.05) is 29.5 Å². The van der Waals surface area contributed by atoms with Crippen molar-refractivity contribution in [3.63, 3.8) is 0 Å². The predicted octanol–water partition coefficient (Wildman–Crippen LogP) is 3.39. The second-order valence-electron chi connectivity index (χ2n) is 5.27. The molecule has 2 aromatic rings. The molecule has 1 amide bonds. The van der Waals surface area contributed by atoms with Crippen molar-refractivity contribution >= 4 is 38.9 Å². The lowest BCUT2D eigenvalue weighted by molar-refractivity contribution is 0.102. The van der Waals surface area contributed by atoms with Gasteiger partial charge in [0.1, 0.15) is 5.75 Å². The van der Waals surface area contributed by atoms with Crippen LogP contribution in [0.15, 0.2) is 42.5 Å². The van der Waals surface area contributed by atoms with Crippen molar-refractivity contribution in [2.45, 2.75) is 6.92 Å². The van der Waals surface area contributed by atoms with Gasteiger partial charge in [-0.05, 0) is 49.4 Å². The normalized spacial score (nSPS) is 11.0. The fraction of sp³-hybridized carbons (Fsp3) is 0.235. The Kier molecular flexibility index (Phi) is 5.92. The standard InChI is InChI=1S/C17H19ClN2O4S/c1-4-20(25(3,22)23)14-8-5-12(6-9-14)17(21)19-15-11-13(18)7-10-16(15)24-2/h5-11H,4H2,1-3H3,(H,19,21). The maximum Gasteiger partial charge on any atom is 0.255 e. The van der Waals surface area contributed by atoms with Crippen LogP contribution in [0.25, 0.3) is 0 Å². The van der Waals surface area contributed by atoms with Gasteiger partial charge in [-0.1, -0.05) is 11.6 Å². The lowest BCUT2D eigenvalue weighted by Gasteiger charge is -2.20. The molecule has 0 bridgehead atoms. The Morgan fingerprint density at radius 1 is 1.20 bits per heavy atom. The highest BCUT2D eigenvalue weighted by Gasteiger charge is 2.16. The van der Waals surface area contributed by atoms with E-state index < -0.39 is 10.0 Å². The minimum Gasteiger partial charge on any atom is -0.495 e. The molecule has 0 aliphatic rings. The first-order chi connectivity index (χ1) is 11.8. The van der Waals surface area contributed by atoms with Gasteiger partial charge in [0.15, 0.2) is 0 Å². The molecule has 0 fully saturated rings. The summed E-state index contributed by atoms with van der Waals surface area (Å²) in [5.41, 5.74) is 1.34. The first kappa shape index (κ1) is 19.1. The first-order valence-electron chi connectivity index (χ1n) is 7.49. The highest BCUT2D eigenvalue weighted by atomic mass is 35.5. The summed E-state index contributed by atoms with van der Waals surface area (Å²) in [5, 5.41) is 3.20. The zero-order chi connectivity index (χ0) is 18.6. The average molecular weight is 383 g/mol. The van der Waals surface area contributed by atoms with Gasteiger partial charge in [-0.2, -0.15) is 0 Å². The van der Waals surface area contributed by atoms with E-state index >= 15 is 0 Å². The number of nitrogens with one attached hydrogen (secondary N) is 1. The molecule has 0 saturated heterocycles. The van der Waals surface area contributed by atoms with Gasteiger partial charge >= 0.3 is 0 Å². The van der Waals surface area contributed by atoms with E-state index in [1.54, 1.807) is 49.4 Å². The molecule has 134 valence electrons. The maximum absolute atomic E-state index is 12.4. The lowest BCUT2D eigenvalue weighted by atomic mass is 10.2. The molecule has 0 aliphatic carbocycles. The molecule has 0 heterocycles. The van der Waals surface area contributed by atoms with Crippen molar-refractivity contribution in [3.8, 4) is 5.75 Å². The number of anilines is 2. The smallest absolute Gasteiger partial charge is 0.255 e. The van der Waals surface area contributed by atoms with Crippen LogP contribution in [-0.2, 0) is 10.0 Å². The summed E-state index contributed by atoms with van der Waals surface area (Å²) in [6.07, 6.45) is 1.14. The van der Waals surface area contributed by atoms with Crippen LogP contribution in [0.1, 0.15) is 17.3 Å². The van der Waals surface area contributed by atoms with Gasteiger partial charge in [0.25, 0.3) is 5.91 Å². The highest BCUT2D eigenvalue weighted by Crippen LogP contribution is 2.28. The predicted molar refractivity (Wildman–Crippen MR) is 100 cm³/mol. The Balaban J connectivity index is 2.23. The molecule has 0 unspecified atom stereocenters. The molecule has 0 saturated carbocycles. The quantitative estimate of drug-likeness (QED) is 0.830. The van der Waals surface area contributed by atoms with Crippen molar-refractivity contribution in [1.82, 2.24) is 0 Å². The summed E-state index contributed by atoms with van der Waals surface area (Å²) in [4.78, 5) is 12.4. The molecule has 0 aliphatic heterocycles. The number of hydrogen-bond acceptors (Lipinski definition) is 4. The third-order valence-electron chi connectivity index (χ3n) is 3.51. The van der Waals surface area contributed by atoms with Gasteiger partial charge in [-0.15, -0.1) is 0 Å². The van der Waals surface area contributed by atoms with Crippen molar-refractivity contribution in [2.24, 2.45) is 0 Å². The molecule has 25 heavy (non-hydrogen) atoms. The summed E-state index contributed by atoms with van der Waals surface area (Å²) in [7, 11) is -1.86. The van der Waals surface area contributed by atoms with Crippen LogP contribution < -0.4 is 14.4 Å². The van der Waals surface area contributed by atoms with E-state index in [1.807, 2.05) is 0 Å². The number of carbonyl (C=O) groups is 1. The molecule has 8 heteroatoms. The van der Waals surface area contributed by atoms with Crippen molar-refractivity contribution in [3.05, 3.63) is 53.1 Å². The van der Waals surface area contributed by atoms with E-state index in [9.17, 15) is 13.2 Å². The van der Waals surface area contributed by atoms with Gasteiger partial charge in [-0.25, -0.2) is 8.42 Å². The second-order valence-corrected chi connectivity index (χ2v) is 7.62. The van der Waals surface area contributed by atoms with E-state index in [-0.39, 0.29) is 5.91 Å². The van der Waals surface area contributed by atoms with Gasteiger partial charge in [0.05, 0.1) is 24.7 Å². The molecule has 0 aromatic heterocycles. The Morgan fingerprint density at radius 3 is 2.36 bits per heavy atom. The van der Waals surface area contributed by atoms with Crippen LogP contribution in [0.2, 0.25) is 5.02 Å². The number of benzene rings is 2. The number of halogens is 1. The van der Waals surface area contributed by atoms with E-state index in [0.29, 0.717) is 34.3 Å². The molecule has 0 spiro atoms. The zero-order valence-electron chi connectivity index (χ0n) is 14.1. The zero-order valence-corrected chi connectivity index (χ0v) is 15.7. The van der Waals surface area contributed by atoms with Gasteiger partial charge < -0.3 is 10.1 Å². The maximum atomic E-state index is 12.4. The number of ether oxygens (including phenoxy) is 1. The fourth-order valence-electron chi connectivity index (χ4n) is 2.36. The first-order valence-corrected chi connectivity index (χ1v) is 9.71. The third-order valence-corrected chi connectivity index (χ3v) is 5.02. The lowest BCUT2D eigenvalue weighted by Crippen LogP contribution is -2.29. The van der Waals surface area contributed by atoms with Crippen molar-refractivity contribution < 1.29 is 17.9 Å². The van der Waals surface area contributed by atoms with Crippen LogP contribution in [0.4, 0.5) is 11.4 Å². The molecular formula is C17H19ClN2O4S. The largest absolute Gasteiger partial charge is 0.495 e. The van der Waals surface area contributed by atoms with Gasteiger partial charge in [0.2, 0.25) is 10.0 Å². The summed E-state index contributed by atoms with van der Waals surface area (Å²) < 4.78 is 29.9. The van der Waals surface area contributed by atoms with E-state index in [2.05, 4.69) is 5.32 Å². The van der Waals surface area contributed by atoms with Crippen LogP contribution in [-0.4, -0.2) is 34.2 Å². The molecule has 2 rings (SSSR count). The number of methoxy groups -OCH3 is 1. The molecule has 1 N–H and O–H groups in total. The topological polar surface area (TPSA) is 75.7 Å². The molecule has 6 nitrogen and oxygen atoms in total. The fourth-order valence-corrected chi connectivity index (χ4v) is 3.51. The van der Waals surface area contributed by atoms with Gasteiger partial charge in [0, 0.05) is 17.1 Å². The number of hydrogen-bond donors (Lipinski definition) is 1. The van der Waals surface area contributed by atoms with Crippen molar-refractivity contribution in [1.29, 1.82) is 0 Å². The summed E-state index contributed by atoms with van der Waals surface area (Å²) in [5.74, 6) is 0.137. The van der Waals surface area contributed by atoms with E-state index in [0.717, 1.165) is 6.26 Å². The average Bonchev–Trinajstić information content (AvgIpc) is 2.55. The Bertz CT molecular complexity index is 867. The third kappa shape index (κ3) is 4.64. The number of sulfonamides is 1. The second kappa shape index (κ2) is 7.76. The SMILES string of the molecule is CCN(c1ccc(C(=O)Nc2cc(Cl)ccc2OC)cc1)S(C)(=O)=O. The van der Waals surface area contributed by atoms with Crippen LogP contribution in [0.3, 0.4) is 0 Å². The minimum absolute atomic E-state index is 0.310. The molecule has 2 aromatic carbocycles. The summed E-state index contributed by atoms with van der Waals surface area (Å²) in [6, 6.07) is 11.2. The van der Waals surface area contributed by atoms with Gasteiger partial charge in [-0.3, -0.25) is 9.10 Å². The van der Waals surface area contributed by atoms with Crippen LogP contribution in [0.5, 0.6) is 5.75 Å². The number of rotatable bonds is 6. The van der Waals surface area contributed by atoms with E-state index in [1.165, 1.54) is 11.4 Å². The Hall–Kier alpha value is -2.25. The minimum atomic E-state index is -3.36. The van der Waals surface area contributed by atoms with Crippen LogP contribution >= 0.6 is 11.6 Å². The number of nitrogens with zero attached hydrogens (tertiary/aromatic N) is 1. The summed E-state index contributed by atoms with van der Waals surface area (Å²) in [6.45, 7) is 2.05. The number of carbonyl (C=O) groups excluding carboxylic acids is 1. The van der Waals surface area contributed by atoms with E-state index in [4.69, 9.17) is 16.3 Å². The Morgan fingerprint density at radius 2 is 1.84 bits per heavy atom. The monoisotopic (exact) mass is 382 g/mol. The molecular weight excluding hydrogens is 364 g/mol. The molecule has 0 atom stereocenters. The van der Waals surface area contributed by atoms with Crippen LogP contribution in [0, 0.1) is 0 Å². The number of amides is 1. The highest BCUT2D eigenvalue weighted by molar-refractivity contribution is 7.92. The molecule has 0 radical (unpaired) electrons. The Labute approximate surface area is 152 Å². The summed E-state index contributed by atoms with van der Waals surface area (Å²) >= 11 is 5.95.